The second-order valence-corrected chi connectivity index (χ2v) is 7.14. The zero-order chi connectivity index (χ0) is 24.7. The van der Waals surface area contributed by atoms with E-state index < -0.39 is 16.8 Å². The molecular weight excluding hydrogens is 462 g/mol. The Morgan fingerprint density at radius 1 is 1.06 bits per heavy atom. The van der Waals surface area contributed by atoms with Crippen LogP contribution in [0.2, 0.25) is 5.02 Å². The molecule has 0 atom stereocenters. The van der Waals surface area contributed by atoms with Crippen LogP contribution in [-0.4, -0.2) is 23.9 Å². The number of halogens is 1. The Bertz CT molecular complexity index is 1310. The molecule has 10 heteroatoms. The molecule has 0 spiro atoms. The van der Waals surface area contributed by atoms with Crippen molar-refractivity contribution in [1.82, 2.24) is 0 Å². The van der Waals surface area contributed by atoms with Crippen molar-refractivity contribution < 1.29 is 24.0 Å². The molecule has 0 bridgehead atoms. The minimum absolute atomic E-state index is 0.0770. The molecule has 1 amide bonds. The number of hydrogen-bond donors (Lipinski definition) is 1. The summed E-state index contributed by atoms with van der Waals surface area (Å²) < 4.78 is 10.4. The molecule has 34 heavy (non-hydrogen) atoms. The zero-order valence-corrected chi connectivity index (χ0v) is 18.4. The van der Waals surface area contributed by atoms with Crippen LogP contribution < -0.4 is 14.8 Å². The highest BCUT2D eigenvalue weighted by molar-refractivity contribution is 6.32. The smallest absolute Gasteiger partial charge is 0.343 e. The second-order valence-electron chi connectivity index (χ2n) is 6.73. The first-order valence-electron chi connectivity index (χ1n) is 9.64. The summed E-state index contributed by atoms with van der Waals surface area (Å²) in [5, 5.41) is 22.7. The summed E-state index contributed by atoms with van der Waals surface area (Å²) in [4.78, 5) is 35.0. The largest absolute Gasteiger partial charge is 0.497 e. The fraction of sp³-hybridized carbons (Fsp3) is 0.0417. The molecule has 0 aliphatic rings. The Labute approximate surface area is 198 Å². The standard InChI is InChI=1S/C24H16ClN3O6/c1-33-19-9-4-16(5-10-19)24(30)34-20-7-2-15(3-8-20)12-17(14-26)23(29)27-18-6-11-21(25)22(13-18)28(31)32/h2-13H,1H3,(H,27,29)/b17-12+. The summed E-state index contributed by atoms with van der Waals surface area (Å²) >= 11 is 5.76. The molecule has 3 aromatic rings. The minimum atomic E-state index is -0.755. The lowest BCUT2D eigenvalue weighted by molar-refractivity contribution is -0.384. The number of rotatable bonds is 7. The lowest BCUT2D eigenvalue weighted by atomic mass is 10.1. The van der Waals surface area contributed by atoms with Gasteiger partial charge in [-0.25, -0.2) is 4.79 Å². The Morgan fingerprint density at radius 2 is 1.71 bits per heavy atom. The molecule has 0 saturated heterocycles. The van der Waals surface area contributed by atoms with Gasteiger partial charge < -0.3 is 14.8 Å². The average Bonchev–Trinajstić information content (AvgIpc) is 2.84. The van der Waals surface area contributed by atoms with E-state index in [1.165, 1.54) is 37.5 Å². The van der Waals surface area contributed by atoms with Crippen molar-refractivity contribution in [2.75, 3.05) is 12.4 Å². The number of nitrogens with zero attached hydrogens (tertiary/aromatic N) is 2. The number of nitriles is 1. The topological polar surface area (TPSA) is 132 Å². The van der Waals surface area contributed by atoms with Gasteiger partial charge in [0.15, 0.2) is 0 Å². The molecule has 9 nitrogen and oxygen atoms in total. The van der Waals surface area contributed by atoms with E-state index in [0.717, 1.165) is 6.07 Å². The van der Waals surface area contributed by atoms with Gasteiger partial charge in [0.1, 0.15) is 28.2 Å². The number of nitro groups is 1. The monoisotopic (exact) mass is 477 g/mol. The highest BCUT2D eigenvalue weighted by Gasteiger charge is 2.16. The van der Waals surface area contributed by atoms with Crippen molar-refractivity contribution in [3.63, 3.8) is 0 Å². The van der Waals surface area contributed by atoms with E-state index in [2.05, 4.69) is 5.32 Å². The van der Waals surface area contributed by atoms with Crippen molar-refractivity contribution in [3.8, 4) is 17.6 Å². The Hall–Kier alpha value is -4.68. The number of carbonyl (C=O) groups is 2. The van der Waals surface area contributed by atoms with Gasteiger partial charge in [-0.3, -0.25) is 14.9 Å². The molecule has 0 aliphatic carbocycles. The number of nitro benzene ring substituents is 1. The Morgan fingerprint density at radius 3 is 2.29 bits per heavy atom. The van der Waals surface area contributed by atoms with Gasteiger partial charge in [0.05, 0.1) is 17.6 Å². The molecule has 0 aliphatic heterocycles. The van der Waals surface area contributed by atoms with Crippen LogP contribution in [0.5, 0.6) is 11.5 Å². The van der Waals surface area contributed by atoms with Crippen LogP contribution in [-0.2, 0) is 4.79 Å². The molecule has 3 aromatic carbocycles. The molecule has 3 rings (SSSR count). The van der Waals surface area contributed by atoms with Gasteiger partial charge in [0.2, 0.25) is 0 Å². The molecule has 0 fully saturated rings. The number of hydrogen-bond acceptors (Lipinski definition) is 7. The van der Waals surface area contributed by atoms with E-state index in [1.807, 2.05) is 0 Å². The highest BCUT2D eigenvalue weighted by Crippen LogP contribution is 2.27. The van der Waals surface area contributed by atoms with Crippen molar-refractivity contribution in [1.29, 1.82) is 5.26 Å². The number of carbonyl (C=O) groups excluding carboxylic acids is 2. The predicted octanol–water partition coefficient (Wildman–Crippen LogP) is 5.02. The van der Waals surface area contributed by atoms with Crippen molar-refractivity contribution in [3.05, 3.63) is 98.6 Å². The SMILES string of the molecule is COc1ccc(C(=O)Oc2ccc(/C=C(\C#N)C(=O)Nc3ccc(Cl)c([N+](=O)[O-])c3)cc2)cc1. The van der Waals surface area contributed by atoms with E-state index in [0.29, 0.717) is 16.9 Å². The van der Waals surface area contributed by atoms with Gasteiger partial charge in [0.25, 0.3) is 11.6 Å². The summed E-state index contributed by atoms with van der Waals surface area (Å²) in [7, 11) is 1.52. The molecule has 1 N–H and O–H groups in total. The van der Waals surface area contributed by atoms with Crippen LogP contribution >= 0.6 is 11.6 Å². The number of anilines is 1. The van der Waals surface area contributed by atoms with Crippen LogP contribution in [0.15, 0.2) is 72.3 Å². The third kappa shape index (κ3) is 5.97. The fourth-order valence-electron chi connectivity index (χ4n) is 2.77. The first-order chi connectivity index (χ1) is 16.3. The summed E-state index contributed by atoms with van der Waals surface area (Å²) in [6.07, 6.45) is 1.33. The predicted molar refractivity (Wildman–Crippen MR) is 125 cm³/mol. The summed E-state index contributed by atoms with van der Waals surface area (Å²) in [5.74, 6) is -0.428. The lowest BCUT2D eigenvalue weighted by Gasteiger charge is -2.06. The first kappa shape index (κ1) is 24.0. The van der Waals surface area contributed by atoms with Crippen molar-refractivity contribution >= 4 is 40.9 Å². The molecular formula is C24H16ClN3O6. The maximum Gasteiger partial charge on any atom is 0.343 e. The molecule has 170 valence electrons. The fourth-order valence-corrected chi connectivity index (χ4v) is 2.96. The maximum absolute atomic E-state index is 12.4. The maximum atomic E-state index is 12.4. The summed E-state index contributed by atoms with van der Waals surface area (Å²) in [6.45, 7) is 0. The molecule has 0 saturated carbocycles. The van der Waals surface area contributed by atoms with Crippen LogP contribution in [0.3, 0.4) is 0 Å². The van der Waals surface area contributed by atoms with Gasteiger partial charge >= 0.3 is 5.97 Å². The second kappa shape index (κ2) is 10.8. The number of nitrogens with one attached hydrogen (secondary N) is 1. The summed E-state index contributed by atoms with van der Waals surface area (Å²) in [6, 6.07) is 18.1. The van der Waals surface area contributed by atoms with E-state index in [4.69, 9.17) is 21.1 Å². The average molecular weight is 478 g/mol. The van der Waals surface area contributed by atoms with E-state index in [1.54, 1.807) is 42.5 Å². The van der Waals surface area contributed by atoms with E-state index in [9.17, 15) is 25.0 Å². The quantitative estimate of drug-likeness (QED) is 0.126. The van der Waals surface area contributed by atoms with E-state index in [-0.39, 0.29) is 27.7 Å². The molecule has 0 radical (unpaired) electrons. The van der Waals surface area contributed by atoms with Crippen LogP contribution in [0, 0.1) is 21.4 Å². The van der Waals surface area contributed by atoms with Gasteiger partial charge in [-0.1, -0.05) is 23.7 Å². The molecule has 0 heterocycles. The van der Waals surface area contributed by atoms with Gasteiger partial charge in [0, 0.05) is 11.8 Å². The van der Waals surface area contributed by atoms with E-state index >= 15 is 0 Å². The first-order valence-corrected chi connectivity index (χ1v) is 10.0. The van der Waals surface area contributed by atoms with Gasteiger partial charge in [-0.05, 0) is 60.2 Å². The van der Waals surface area contributed by atoms with Crippen LogP contribution in [0.1, 0.15) is 15.9 Å². The number of ether oxygens (including phenoxy) is 2. The van der Waals surface area contributed by atoms with Gasteiger partial charge in [-0.15, -0.1) is 0 Å². The minimum Gasteiger partial charge on any atom is -0.497 e. The summed E-state index contributed by atoms with van der Waals surface area (Å²) in [5.41, 5.74) is 0.346. The van der Waals surface area contributed by atoms with Crippen molar-refractivity contribution in [2.24, 2.45) is 0 Å². The third-order valence-electron chi connectivity index (χ3n) is 4.49. The van der Waals surface area contributed by atoms with Crippen LogP contribution in [0.4, 0.5) is 11.4 Å². The third-order valence-corrected chi connectivity index (χ3v) is 4.81. The lowest BCUT2D eigenvalue weighted by Crippen LogP contribution is -2.13. The number of benzene rings is 3. The highest BCUT2D eigenvalue weighted by atomic mass is 35.5. The van der Waals surface area contributed by atoms with Crippen molar-refractivity contribution in [2.45, 2.75) is 0 Å². The molecule has 0 unspecified atom stereocenters. The number of amides is 1. The number of esters is 1. The molecule has 0 aromatic heterocycles. The zero-order valence-electron chi connectivity index (χ0n) is 17.7. The van der Waals surface area contributed by atoms with Gasteiger partial charge in [-0.2, -0.15) is 5.26 Å². The van der Waals surface area contributed by atoms with Crippen LogP contribution in [0.25, 0.3) is 6.08 Å². The Balaban J connectivity index is 1.69. The normalized spacial score (nSPS) is 10.7. The number of methoxy groups -OCH3 is 1. The Kier molecular flexibility index (Phi) is 7.59.